The maximum Gasteiger partial charge on any atom is 0.258 e. The van der Waals surface area contributed by atoms with Gasteiger partial charge < -0.3 is 14.7 Å². The van der Waals surface area contributed by atoms with E-state index in [9.17, 15) is 4.39 Å². The Bertz CT molecular complexity index is 1330. The number of nitrogens with one attached hydrogen (secondary N) is 1. The summed E-state index contributed by atoms with van der Waals surface area (Å²) >= 11 is 7.40. The minimum absolute atomic E-state index is 0.293. The highest BCUT2D eigenvalue weighted by Gasteiger charge is 2.34. The van der Waals surface area contributed by atoms with Gasteiger partial charge in [-0.1, -0.05) is 47.1 Å². The number of nitrogens with zero attached hydrogens (tertiary/aromatic N) is 3. The minimum atomic E-state index is -0.344. The van der Waals surface area contributed by atoms with Crippen molar-refractivity contribution in [2.24, 2.45) is 0 Å². The number of allylic oxidation sites excluding steroid dienone is 1. The molecule has 1 atom stereocenters. The van der Waals surface area contributed by atoms with Crippen LogP contribution in [0.25, 0.3) is 17.0 Å². The lowest BCUT2D eigenvalue weighted by molar-refractivity contribution is 0.396. The number of hydrogen-bond donors (Lipinski definition) is 1. The SMILES string of the molecule is CC1=C(c2nc(-c3cccc(C)c3)no2)C(c2ccc(F)cc2)NC(=S)N1Cc1cccs1. The molecule has 0 fully saturated rings. The van der Waals surface area contributed by atoms with Crippen molar-refractivity contribution in [2.75, 3.05) is 0 Å². The van der Waals surface area contributed by atoms with Crippen LogP contribution in [-0.2, 0) is 6.54 Å². The van der Waals surface area contributed by atoms with E-state index in [1.165, 1.54) is 17.0 Å². The molecule has 1 unspecified atom stereocenters. The summed E-state index contributed by atoms with van der Waals surface area (Å²) in [5.41, 5.74) is 4.60. The average molecular weight is 477 g/mol. The maximum absolute atomic E-state index is 13.6. The first-order chi connectivity index (χ1) is 16.0. The Balaban J connectivity index is 1.60. The number of benzene rings is 2. The highest BCUT2D eigenvalue weighted by Crippen LogP contribution is 2.38. The summed E-state index contributed by atoms with van der Waals surface area (Å²) in [6.45, 7) is 4.66. The number of aromatic nitrogens is 2. The highest BCUT2D eigenvalue weighted by atomic mass is 32.1. The van der Waals surface area contributed by atoms with E-state index in [1.54, 1.807) is 23.5 Å². The molecule has 33 heavy (non-hydrogen) atoms. The van der Waals surface area contributed by atoms with Crippen LogP contribution in [-0.4, -0.2) is 20.2 Å². The van der Waals surface area contributed by atoms with Crippen molar-refractivity contribution >= 4 is 34.2 Å². The second-order valence-electron chi connectivity index (χ2n) is 7.89. The number of rotatable bonds is 5. The van der Waals surface area contributed by atoms with Crippen LogP contribution < -0.4 is 5.32 Å². The third-order valence-corrected chi connectivity index (χ3v) is 6.83. The number of thiocarbonyl (C=S) groups is 1. The first-order valence-corrected chi connectivity index (χ1v) is 11.8. The van der Waals surface area contributed by atoms with Crippen LogP contribution in [0.2, 0.25) is 0 Å². The summed E-state index contributed by atoms with van der Waals surface area (Å²) in [5, 5.41) is 10.3. The second kappa shape index (κ2) is 8.88. The van der Waals surface area contributed by atoms with Gasteiger partial charge in [0.05, 0.1) is 18.2 Å². The standard InChI is InChI=1S/C25H21FN4OS2/c1-15-5-3-6-18(13-15)23-28-24(31-29-23)21-16(2)30(14-20-7-4-12-33-20)25(32)27-22(21)17-8-10-19(26)11-9-17/h3-13,22H,14H2,1-2H3,(H,27,32). The molecule has 1 aliphatic rings. The van der Waals surface area contributed by atoms with E-state index in [0.29, 0.717) is 23.4 Å². The molecule has 0 radical (unpaired) electrons. The molecule has 0 saturated heterocycles. The van der Waals surface area contributed by atoms with Crippen LogP contribution in [0.3, 0.4) is 0 Å². The van der Waals surface area contributed by atoms with Gasteiger partial charge in [0.15, 0.2) is 5.11 Å². The molecule has 1 aliphatic heterocycles. The van der Waals surface area contributed by atoms with Gasteiger partial charge in [-0.2, -0.15) is 4.98 Å². The van der Waals surface area contributed by atoms with E-state index >= 15 is 0 Å². The Labute approximate surface area is 200 Å². The molecule has 4 aromatic rings. The molecular formula is C25H21FN4OS2. The Morgan fingerprint density at radius 3 is 2.67 bits per heavy atom. The van der Waals surface area contributed by atoms with E-state index in [1.807, 2.05) is 54.5 Å². The number of thiophene rings is 1. The van der Waals surface area contributed by atoms with Crippen LogP contribution in [0.4, 0.5) is 4.39 Å². The molecule has 1 N–H and O–H groups in total. The van der Waals surface area contributed by atoms with E-state index in [2.05, 4.69) is 16.5 Å². The largest absolute Gasteiger partial charge is 0.351 e. The number of aryl methyl sites for hydroxylation is 1. The van der Waals surface area contributed by atoms with Gasteiger partial charge in [-0.3, -0.25) is 0 Å². The monoisotopic (exact) mass is 476 g/mol. The third kappa shape index (κ3) is 4.31. The van der Waals surface area contributed by atoms with Gasteiger partial charge in [-0.25, -0.2) is 4.39 Å². The molecule has 3 heterocycles. The summed E-state index contributed by atoms with van der Waals surface area (Å²) in [7, 11) is 0. The van der Waals surface area contributed by atoms with Crippen LogP contribution in [0.5, 0.6) is 0 Å². The van der Waals surface area contributed by atoms with Gasteiger partial charge in [0.2, 0.25) is 5.82 Å². The zero-order chi connectivity index (χ0) is 22.9. The van der Waals surface area contributed by atoms with Gasteiger partial charge in [0.25, 0.3) is 5.89 Å². The molecule has 0 spiro atoms. The molecule has 2 aromatic carbocycles. The van der Waals surface area contributed by atoms with E-state index < -0.39 is 0 Å². The number of halogens is 1. The molecule has 0 amide bonds. The highest BCUT2D eigenvalue weighted by molar-refractivity contribution is 7.80. The maximum atomic E-state index is 13.6. The lowest BCUT2D eigenvalue weighted by atomic mass is 9.94. The van der Waals surface area contributed by atoms with Crippen molar-refractivity contribution < 1.29 is 8.91 Å². The topological polar surface area (TPSA) is 54.2 Å². The average Bonchev–Trinajstić information content (AvgIpc) is 3.49. The first kappa shape index (κ1) is 21.5. The molecule has 2 aromatic heterocycles. The molecule has 0 bridgehead atoms. The van der Waals surface area contributed by atoms with Crippen molar-refractivity contribution in [3.63, 3.8) is 0 Å². The minimum Gasteiger partial charge on any atom is -0.351 e. The summed E-state index contributed by atoms with van der Waals surface area (Å²) < 4.78 is 19.4. The zero-order valence-electron chi connectivity index (χ0n) is 18.1. The van der Waals surface area contributed by atoms with Crippen molar-refractivity contribution in [3.8, 4) is 11.4 Å². The molecular weight excluding hydrogens is 455 g/mol. The summed E-state index contributed by atoms with van der Waals surface area (Å²) in [5.74, 6) is 0.632. The van der Waals surface area contributed by atoms with Crippen LogP contribution in [0.1, 0.15) is 34.9 Å². The van der Waals surface area contributed by atoms with Crippen molar-refractivity contribution in [1.29, 1.82) is 0 Å². The Kier molecular flexibility index (Phi) is 5.78. The fraction of sp³-hybridized carbons (Fsp3) is 0.160. The second-order valence-corrected chi connectivity index (χ2v) is 9.31. The van der Waals surface area contributed by atoms with Crippen molar-refractivity contribution in [2.45, 2.75) is 26.4 Å². The van der Waals surface area contributed by atoms with E-state index in [0.717, 1.165) is 28.0 Å². The molecule has 0 aliphatic carbocycles. The lowest BCUT2D eigenvalue weighted by Gasteiger charge is -2.37. The van der Waals surface area contributed by atoms with Gasteiger partial charge in [0, 0.05) is 16.1 Å². The molecule has 5 rings (SSSR count). The summed E-state index contributed by atoms with van der Waals surface area (Å²) in [4.78, 5) is 7.95. The fourth-order valence-electron chi connectivity index (χ4n) is 3.95. The van der Waals surface area contributed by atoms with Gasteiger partial charge in [0.1, 0.15) is 5.82 Å². The predicted molar refractivity (Wildman–Crippen MR) is 132 cm³/mol. The molecule has 8 heteroatoms. The van der Waals surface area contributed by atoms with Crippen LogP contribution in [0.15, 0.2) is 76.3 Å². The summed E-state index contributed by atoms with van der Waals surface area (Å²) in [6.07, 6.45) is 0. The van der Waals surface area contributed by atoms with Crippen LogP contribution in [0, 0.1) is 12.7 Å². The predicted octanol–water partition coefficient (Wildman–Crippen LogP) is 6.11. The van der Waals surface area contributed by atoms with Gasteiger partial charge in [-0.05, 0) is 61.3 Å². The van der Waals surface area contributed by atoms with E-state index in [4.69, 9.17) is 21.7 Å². The van der Waals surface area contributed by atoms with E-state index in [-0.39, 0.29) is 11.9 Å². The Morgan fingerprint density at radius 1 is 1.12 bits per heavy atom. The fourth-order valence-corrected chi connectivity index (χ4v) is 4.96. The summed E-state index contributed by atoms with van der Waals surface area (Å²) in [6, 6.07) is 18.1. The molecule has 166 valence electrons. The van der Waals surface area contributed by atoms with Crippen molar-refractivity contribution in [3.05, 3.63) is 99.5 Å². The Hall–Kier alpha value is -3.36. The van der Waals surface area contributed by atoms with Gasteiger partial charge in [-0.15, -0.1) is 11.3 Å². The van der Waals surface area contributed by atoms with Crippen LogP contribution >= 0.6 is 23.6 Å². The third-order valence-electron chi connectivity index (χ3n) is 5.63. The quantitative estimate of drug-likeness (QED) is 0.351. The molecule has 0 saturated carbocycles. The Morgan fingerprint density at radius 2 is 1.94 bits per heavy atom. The number of hydrogen-bond acceptors (Lipinski definition) is 5. The lowest BCUT2D eigenvalue weighted by Crippen LogP contribution is -2.45. The normalized spacial score (nSPS) is 16.3. The first-order valence-electron chi connectivity index (χ1n) is 10.5. The van der Waals surface area contributed by atoms with Gasteiger partial charge >= 0.3 is 0 Å². The van der Waals surface area contributed by atoms with Crippen molar-refractivity contribution in [1.82, 2.24) is 20.4 Å². The zero-order valence-corrected chi connectivity index (χ0v) is 19.7. The smallest absolute Gasteiger partial charge is 0.258 e. The molecule has 5 nitrogen and oxygen atoms in total.